The maximum absolute atomic E-state index is 11.1. The van der Waals surface area contributed by atoms with E-state index < -0.39 is 10.9 Å². The Morgan fingerprint density at radius 1 is 1.20 bits per heavy atom. The van der Waals surface area contributed by atoms with E-state index in [0.29, 0.717) is 16.9 Å². The second-order valence-corrected chi connectivity index (χ2v) is 4.20. The fourth-order valence-electron chi connectivity index (χ4n) is 1.88. The molecular weight excluding hydrogens is 260 g/mol. The predicted molar refractivity (Wildman–Crippen MR) is 74.5 cm³/mol. The molecule has 20 heavy (non-hydrogen) atoms. The number of benzene rings is 2. The van der Waals surface area contributed by atoms with E-state index in [4.69, 9.17) is 5.11 Å². The zero-order valence-electron chi connectivity index (χ0n) is 10.7. The van der Waals surface area contributed by atoms with Gasteiger partial charge < -0.3 is 10.4 Å². The molecule has 0 saturated carbocycles. The van der Waals surface area contributed by atoms with E-state index in [1.54, 1.807) is 37.3 Å². The molecule has 0 spiro atoms. The summed E-state index contributed by atoms with van der Waals surface area (Å²) in [7, 11) is 0. The van der Waals surface area contributed by atoms with Gasteiger partial charge in [-0.1, -0.05) is 24.3 Å². The first kappa shape index (κ1) is 13.5. The molecule has 0 bridgehead atoms. The fourth-order valence-corrected chi connectivity index (χ4v) is 1.88. The van der Waals surface area contributed by atoms with Crippen LogP contribution >= 0.6 is 0 Å². The minimum Gasteiger partial charge on any atom is -0.478 e. The zero-order valence-corrected chi connectivity index (χ0v) is 10.7. The number of rotatable bonds is 4. The number of carbonyl (C=O) groups is 1. The Morgan fingerprint density at radius 2 is 1.90 bits per heavy atom. The lowest BCUT2D eigenvalue weighted by molar-refractivity contribution is -0.384. The number of carboxylic acid groups (broad SMARTS) is 1. The number of nitrogens with zero attached hydrogens (tertiary/aromatic N) is 1. The molecule has 0 fully saturated rings. The fraction of sp³-hybridized carbons (Fsp3) is 0.0714. The van der Waals surface area contributed by atoms with E-state index >= 15 is 0 Å². The maximum Gasteiger partial charge on any atom is 0.337 e. The molecule has 0 aliphatic carbocycles. The number of hydrogen-bond acceptors (Lipinski definition) is 4. The second kappa shape index (κ2) is 5.40. The van der Waals surface area contributed by atoms with Crippen molar-refractivity contribution in [2.24, 2.45) is 0 Å². The molecule has 2 N–H and O–H groups in total. The van der Waals surface area contributed by atoms with Crippen LogP contribution in [0.1, 0.15) is 15.9 Å². The molecule has 2 aromatic rings. The first-order valence-corrected chi connectivity index (χ1v) is 5.84. The van der Waals surface area contributed by atoms with E-state index in [1.165, 1.54) is 12.1 Å². The SMILES string of the molecule is Cc1cccc([N+](=O)[O-])c1Nc1ccccc1C(=O)O. The van der Waals surface area contributed by atoms with Gasteiger partial charge >= 0.3 is 5.97 Å². The van der Waals surface area contributed by atoms with Crippen LogP contribution in [0.2, 0.25) is 0 Å². The summed E-state index contributed by atoms with van der Waals surface area (Å²) in [6.45, 7) is 1.72. The number of hydrogen-bond donors (Lipinski definition) is 2. The van der Waals surface area contributed by atoms with E-state index in [-0.39, 0.29) is 11.3 Å². The summed E-state index contributed by atoms with van der Waals surface area (Å²) >= 11 is 0. The number of aromatic carboxylic acids is 1. The summed E-state index contributed by atoms with van der Waals surface area (Å²) in [6.07, 6.45) is 0. The van der Waals surface area contributed by atoms with Crippen molar-refractivity contribution >= 4 is 23.0 Å². The van der Waals surface area contributed by atoms with Crippen molar-refractivity contribution in [1.82, 2.24) is 0 Å². The molecule has 0 aliphatic rings. The van der Waals surface area contributed by atoms with Gasteiger partial charge in [0.05, 0.1) is 16.2 Å². The first-order valence-electron chi connectivity index (χ1n) is 5.84. The highest BCUT2D eigenvalue weighted by atomic mass is 16.6. The highest BCUT2D eigenvalue weighted by molar-refractivity contribution is 5.95. The van der Waals surface area contributed by atoms with Gasteiger partial charge in [-0.05, 0) is 24.6 Å². The topological polar surface area (TPSA) is 92.5 Å². The molecule has 102 valence electrons. The molecule has 0 aliphatic heterocycles. The van der Waals surface area contributed by atoms with Gasteiger partial charge in [0.2, 0.25) is 0 Å². The van der Waals surface area contributed by atoms with Crippen molar-refractivity contribution in [1.29, 1.82) is 0 Å². The highest BCUT2D eigenvalue weighted by Crippen LogP contribution is 2.31. The van der Waals surface area contributed by atoms with Gasteiger partial charge in [0, 0.05) is 6.07 Å². The van der Waals surface area contributed by atoms with Crippen molar-refractivity contribution in [3.05, 3.63) is 63.7 Å². The van der Waals surface area contributed by atoms with E-state index in [2.05, 4.69) is 5.32 Å². The van der Waals surface area contributed by atoms with Crippen LogP contribution in [-0.2, 0) is 0 Å². The first-order chi connectivity index (χ1) is 9.50. The van der Waals surface area contributed by atoms with Gasteiger partial charge in [0.15, 0.2) is 0 Å². The van der Waals surface area contributed by atoms with Gasteiger partial charge in [0.25, 0.3) is 5.69 Å². The predicted octanol–water partition coefficient (Wildman–Crippen LogP) is 3.35. The Hall–Kier alpha value is -2.89. The van der Waals surface area contributed by atoms with E-state index in [1.807, 2.05) is 0 Å². The lowest BCUT2D eigenvalue weighted by Crippen LogP contribution is -2.05. The summed E-state index contributed by atoms with van der Waals surface area (Å²) in [5.74, 6) is -1.09. The molecule has 6 nitrogen and oxygen atoms in total. The van der Waals surface area contributed by atoms with E-state index in [9.17, 15) is 14.9 Å². The molecule has 6 heteroatoms. The normalized spacial score (nSPS) is 10.1. The van der Waals surface area contributed by atoms with Crippen LogP contribution in [0.3, 0.4) is 0 Å². The quantitative estimate of drug-likeness (QED) is 0.657. The summed E-state index contributed by atoms with van der Waals surface area (Å²) in [5, 5.41) is 23.0. The number of nitro groups is 1. The number of carboxylic acids is 1. The molecule has 2 aromatic carbocycles. The molecule has 0 saturated heterocycles. The smallest absolute Gasteiger partial charge is 0.337 e. The Morgan fingerprint density at radius 3 is 2.55 bits per heavy atom. The van der Waals surface area contributed by atoms with Gasteiger partial charge in [-0.25, -0.2) is 4.79 Å². The monoisotopic (exact) mass is 272 g/mol. The van der Waals surface area contributed by atoms with Crippen LogP contribution < -0.4 is 5.32 Å². The number of para-hydroxylation sites is 2. The van der Waals surface area contributed by atoms with Crippen molar-refractivity contribution < 1.29 is 14.8 Å². The number of nitro benzene ring substituents is 1. The van der Waals surface area contributed by atoms with Gasteiger partial charge in [-0.2, -0.15) is 0 Å². The number of anilines is 2. The highest BCUT2D eigenvalue weighted by Gasteiger charge is 2.17. The van der Waals surface area contributed by atoms with Crippen LogP contribution in [0.4, 0.5) is 17.1 Å². The molecular formula is C14H12N2O4. The molecule has 0 unspecified atom stereocenters. The standard InChI is InChI=1S/C14H12N2O4/c1-9-5-4-8-12(16(19)20)13(9)15-11-7-3-2-6-10(11)14(17)18/h2-8,15H,1H3,(H,17,18). The number of nitrogens with one attached hydrogen (secondary N) is 1. The van der Waals surface area contributed by atoms with Gasteiger partial charge in [-0.3, -0.25) is 10.1 Å². The summed E-state index contributed by atoms with van der Waals surface area (Å²) < 4.78 is 0. The number of aryl methyl sites for hydroxylation is 1. The van der Waals surface area contributed by atoms with Crippen molar-refractivity contribution in [3.63, 3.8) is 0 Å². The molecule has 0 aromatic heterocycles. The Kier molecular flexibility index (Phi) is 3.65. The van der Waals surface area contributed by atoms with Crippen molar-refractivity contribution in [2.75, 3.05) is 5.32 Å². The third-order valence-corrected chi connectivity index (χ3v) is 2.86. The molecule has 0 radical (unpaired) electrons. The average Bonchev–Trinajstić information content (AvgIpc) is 2.41. The Labute approximate surface area is 114 Å². The van der Waals surface area contributed by atoms with Crippen LogP contribution in [0, 0.1) is 17.0 Å². The van der Waals surface area contributed by atoms with Crippen LogP contribution in [-0.4, -0.2) is 16.0 Å². The average molecular weight is 272 g/mol. The van der Waals surface area contributed by atoms with Gasteiger partial charge in [-0.15, -0.1) is 0 Å². The summed E-state index contributed by atoms with van der Waals surface area (Å²) in [5.41, 5.74) is 1.25. The van der Waals surface area contributed by atoms with Crippen molar-refractivity contribution in [2.45, 2.75) is 6.92 Å². The molecule has 0 atom stereocenters. The maximum atomic E-state index is 11.1. The molecule has 0 amide bonds. The zero-order chi connectivity index (χ0) is 14.7. The van der Waals surface area contributed by atoms with Crippen molar-refractivity contribution in [3.8, 4) is 0 Å². The minimum atomic E-state index is -1.09. The Bertz CT molecular complexity index is 683. The van der Waals surface area contributed by atoms with Crippen LogP contribution in [0.5, 0.6) is 0 Å². The lowest BCUT2D eigenvalue weighted by atomic mass is 10.1. The third kappa shape index (κ3) is 2.59. The largest absolute Gasteiger partial charge is 0.478 e. The van der Waals surface area contributed by atoms with E-state index in [0.717, 1.165) is 0 Å². The Balaban J connectivity index is 2.51. The molecule has 0 heterocycles. The third-order valence-electron chi connectivity index (χ3n) is 2.86. The minimum absolute atomic E-state index is 0.0602. The summed E-state index contributed by atoms with van der Waals surface area (Å²) in [4.78, 5) is 21.7. The van der Waals surface area contributed by atoms with Gasteiger partial charge in [0.1, 0.15) is 5.69 Å². The molecule has 2 rings (SSSR count). The second-order valence-electron chi connectivity index (χ2n) is 4.20. The lowest BCUT2D eigenvalue weighted by Gasteiger charge is -2.12. The van der Waals surface area contributed by atoms with Crippen LogP contribution in [0.25, 0.3) is 0 Å². The summed E-state index contributed by atoms with van der Waals surface area (Å²) in [6, 6.07) is 11.0. The van der Waals surface area contributed by atoms with Crippen LogP contribution in [0.15, 0.2) is 42.5 Å².